The summed E-state index contributed by atoms with van der Waals surface area (Å²) in [4.78, 5) is 20.5. The van der Waals surface area contributed by atoms with E-state index in [-0.39, 0.29) is 24.2 Å². The molecule has 0 radical (unpaired) electrons. The van der Waals surface area contributed by atoms with E-state index in [1.54, 1.807) is 0 Å². The zero-order chi connectivity index (χ0) is 32.5. The highest BCUT2D eigenvalue weighted by Gasteiger charge is 2.55. The van der Waals surface area contributed by atoms with Gasteiger partial charge in [0.1, 0.15) is 18.0 Å². The van der Waals surface area contributed by atoms with E-state index in [0.717, 1.165) is 22.9 Å². The summed E-state index contributed by atoms with van der Waals surface area (Å²) in [5.74, 6) is 2.05. The van der Waals surface area contributed by atoms with Crippen molar-refractivity contribution in [2.75, 3.05) is 26.6 Å². The Kier molecular flexibility index (Phi) is 6.54. The minimum atomic E-state index is -0.0566. The smallest absolute Gasteiger partial charge is 0.161 e. The van der Waals surface area contributed by atoms with Gasteiger partial charge in [0.05, 0.1) is 17.6 Å². The molecule has 0 spiro atoms. The van der Waals surface area contributed by atoms with Gasteiger partial charge in [0.25, 0.3) is 0 Å². The van der Waals surface area contributed by atoms with Gasteiger partial charge in [0.15, 0.2) is 11.6 Å². The summed E-state index contributed by atoms with van der Waals surface area (Å²) < 4.78 is 0. The predicted octanol–water partition coefficient (Wildman–Crippen LogP) is 9.72. The fourth-order valence-corrected chi connectivity index (χ4v) is 8.47. The Morgan fingerprint density at radius 3 is 1.85 bits per heavy atom. The quantitative estimate of drug-likeness (QED) is 0.194. The lowest BCUT2D eigenvalue weighted by molar-refractivity contribution is 0.298. The molecule has 236 valence electrons. The zero-order valence-electron chi connectivity index (χ0n) is 27.7. The van der Waals surface area contributed by atoms with Crippen LogP contribution in [0.15, 0.2) is 134 Å². The molecule has 6 aromatic rings. The van der Waals surface area contributed by atoms with E-state index >= 15 is 0 Å². The van der Waals surface area contributed by atoms with Crippen molar-refractivity contribution in [1.29, 1.82) is 0 Å². The van der Waals surface area contributed by atoms with Crippen LogP contribution in [-0.2, 0) is 0 Å². The van der Waals surface area contributed by atoms with Crippen LogP contribution in [0.1, 0.15) is 29.5 Å². The molecule has 0 amide bonds. The van der Waals surface area contributed by atoms with E-state index < -0.39 is 0 Å². The molecule has 0 saturated heterocycles. The third-order valence-electron chi connectivity index (χ3n) is 10.7. The SMILES string of the molecule is Cc1ccccc1-c1ncc2c(n1)N(C)C(C1C(C)c3ccccc3N3c4ccccc4N(c4ccccc4)C13)N2c1ccccc1C. The lowest BCUT2D eigenvalue weighted by Gasteiger charge is -2.51. The number of nitrogens with zero attached hydrogens (tertiary/aromatic N) is 6. The van der Waals surface area contributed by atoms with Crippen molar-refractivity contribution in [2.24, 2.45) is 5.92 Å². The van der Waals surface area contributed by atoms with Crippen molar-refractivity contribution in [1.82, 2.24) is 9.97 Å². The molecule has 4 atom stereocenters. The van der Waals surface area contributed by atoms with Gasteiger partial charge >= 0.3 is 0 Å². The van der Waals surface area contributed by atoms with Crippen LogP contribution in [0.2, 0.25) is 0 Å². The number of hydrogen-bond donors (Lipinski definition) is 0. The third kappa shape index (κ3) is 4.11. The molecule has 48 heavy (non-hydrogen) atoms. The number of anilines is 7. The molecule has 4 heterocycles. The number of para-hydroxylation sites is 5. The number of fused-ring (bicyclic) bond motifs is 6. The van der Waals surface area contributed by atoms with E-state index in [4.69, 9.17) is 9.97 Å². The minimum absolute atomic E-state index is 0.00628. The summed E-state index contributed by atoms with van der Waals surface area (Å²) in [6.07, 6.45) is 2.00. The number of hydrogen-bond acceptors (Lipinski definition) is 6. The second kappa shape index (κ2) is 11.0. The maximum atomic E-state index is 5.33. The predicted molar refractivity (Wildman–Crippen MR) is 197 cm³/mol. The molecule has 5 aromatic carbocycles. The molecule has 9 rings (SSSR count). The molecule has 0 fully saturated rings. The van der Waals surface area contributed by atoms with Crippen molar-refractivity contribution < 1.29 is 0 Å². The van der Waals surface area contributed by atoms with Crippen LogP contribution in [0, 0.1) is 19.8 Å². The van der Waals surface area contributed by atoms with Gasteiger partial charge in [-0.1, -0.05) is 97.9 Å². The van der Waals surface area contributed by atoms with E-state index in [2.05, 4.69) is 175 Å². The number of rotatable bonds is 4. The Labute approximate surface area is 282 Å². The van der Waals surface area contributed by atoms with E-state index in [0.29, 0.717) is 0 Å². The Balaban J connectivity index is 1.29. The Hall–Kier alpha value is -5.62. The van der Waals surface area contributed by atoms with Crippen LogP contribution in [0.4, 0.5) is 39.9 Å². The van der Waals surface area contributed by atoms with Crippen molar-refractivity contribution >= 4 is 39.9 Å². The molecular formula is C42H38N6. The maximum absolute atomic E-state index is 5.33. The molecule has 0 bridgehead atoms. The van der Waals surface area contributed by atoms with Crippen molar-refractivity contribution in [3.05, 3.63) is 150 Å². The van der Waals surface area contributed by atoms with Crippen LogP contribution >= 0.6 is 0 Å². The fraction of sp³-hybridized carbons (Fsp3) is 0.190. The average Bonchev–Trinajstić information content (AvgIpc) is 3.61. The largest absolute Gasteiger partial charge is 0.337 e. The van der Waals surface area contributed by atoms with Crippen LogP contribution in [0.5, 0.6) is 0 Å². The standard InChI is InChI=1S/C42H38N6/c1-27-16-8-10-20-31(27)39-43-26-37-40(44-39)45(4)41(47(37)33-22-12-9-17-28(33)2)38-29(3)32-21-11-13-23-34(32)48-36-25-15-14-24-35(36)46(42(38)48)30-18-6-5-7-19-30/h5-26,29,38,41-42H,1-4H3. The van der Waals surface area contributed by atoms with Gasteiger partial charge in [-0.2, -0.15) is 0 Å². The van der Waals surface area contributed by atoms with Gasteiger partial charge < -0.3 is 19.6 Å². The number of aromatic nitrogens is 2. The zero-order valence-corrected chi connectivity index (χ0v) is 27.7. The Bertz CT molecular complexity index is 2160. The van der Waals surface area contributed by atoms with Crippen molar-refractivity contribution in [3.63, 3.8) is 0 Å². The first-order valence-corrected chi connectivity index (χ1v) is 16.8. The summed E-state index contributed by atoms with van der Waals surface area (Å²) in [5.41, 5.74) is 12.0. The normalized spacial score (nSPS) is 20.8. The van der Waals surface area contributed by atoms with Crippen LogP contribution in [0.25, 0.3) is 11.4 Å². The molecule has 4 unspecified atom stereocenters. The highest BCUT2D eigenvalue weighted by atomic mass is 15.5. The molecular weight excluding hydrogens is 589 g/mol. The van der Waals surface area contributed by atoms with Crippen LogP contribution < -0.4 is 19.6 Å². The summed E-state index contributed by atoms with van der Waals surface area (Å²) in [6, 6.07) is 45.9. The molecule has 6 heteroatoms. The number of aryl methyl sites for hydroxylation is 2. The molecule has 1 aromatic heterocycles. The minimum Gasteiger partial charge on any atom is -0.337 e. The highest BCUT2D eigenvalue weighted by Crippen LogP contribution is 2.59. The monoisotopic (exact) mass is 626 g/mol. The molecule has 6 nitrogen and oxygen atoms in total. The van der Waals surface area contributed by atoms with E-state index in [1.807, 2.05) is 6.20 Å². The molecule has 0 N–H and O–H groups in total. The molecule has 0 saturated carbocycles. The average molecular weight is 627 g/mol. The van der Waals surface area contributed by atoms with Crippen LogP contribution in [0.3, 0.4) is 0 Å². The summed E-state index contributed by atoms with van der Waals surface area (Å²) in [7, 11) is 2.23. The van der Waals surface area contributed by atoms with E-state index in [9.17, 15) is 0 Å². The first-order valence-electron chi connectivity index (χ1n) is 16.8. The second-order valence-corrected chi connectivity index (χ2v) is 13.3. The second-order valence-electron chi connectivity index (χ2n) is 13.3. The highest BCUT2D eigenvalue weighted by molar-refractivity contribution is 5.91. The molecule has 0 aliphatic carbocycles. The maximum Gasteiger partial charge on any atom is 0.161 e. The van der Waals surface area contributed by atoms with Gasteiger partial charge in [0, 0.05) is 35.6 Å². The lowest BCUT2D eigenvalue weighted by atomic mass is 9.77. The first kappa shape index (κ1) is 28.6. The van der Waals surface area contributed by atoms with Crippen LogP contribution in [-0.4, -0.2) is 29.3 Å². The Morgan fingerprint density at radius 1 is 0.542 bits per heavy atom. The van der Waals surface area contributed by atoms with Gasteiger partial charge in [0.2, 0.25) is 0 Å². The first-order chi connectivity index (χ1) is 23.5. The van der Waals surface area contributed by atoms with E-state index in [1.165, 1.54) is 45.1 Å². The molecule has 3 aliphatic rings. The van der Waals surface area contributed by atoms with Gasteiger partial charge in [-0.15, -0.1) is 0 Å². The van der Waals surface area contributed by atoms with Gasteiger partial charge in [-0.3, -0.25) is 0 Å². The van der Waals surface area contributed by atoms with Gasteiger partial charge in [-0.05, 0) is 72.9 Å². The summed E-state index contributed by atoms with van der Waals surface area (Å²) in [5, 5.41) is 0. The topological polar surface area (TPSA) is 38.7 Å². The van der Waals surface area contributed by atoms with Crippen molar-refractivity contribution in [3.8, 4) is 11.4 Å². The summed E-state index contributed by atoms with van der Waals surface area (Å²) >= 11 is 0. The third-order valence-corrected chi connectivity index (χ3v) is 10.7. The fourth-order valence-electron chi connectivity index (χ4n) is 8.47. The Morgan fingerprint density at radius 2 is 1.12 bits per heavy atom. The summed E-state index contributed by atoms with van der Waals surface area (Å²) in [6.45, 7) is 6.76. The number of benzene rings is 5. The van der Waals surface area contributed by atoms with Gasteiger partial charge in [-0.25, -0.2) is 9.97 Å². The lowest BCUT2D eigenvalue weighted by Crippen LogP contribution is -2.59. The molecule has 3 aliphatic heterocycles. The van der Waals surface area contributed by atoms with Crippen molar-refractivity contribution in [2.45, 2.75) is 39.0 Å².